The van der Waals surface area contributed by atoms with Crippen LogP contribution in [0, 0.1) is 17.0 Å². The van der Waals surface area contributed by atoms with Crippen molar-refractivity contribution in [1.82, 2.24) is 14.8 Å². The van der Waals surface area contributed by atoms with E-state index in [1.54, 1.807) is 36.5 Å². The molecular weight excluding hydrogens is 608 g/mol. The fourth-order valence-electron chi connectivity index (χ4n) is 5.53. The summed E-state index contributed by atoms with van der Waals surface area (Å²) in [5.41, 5.74) is 1.91. The molecule has 3 N–H and O–H groups in total. The Morgan fingerprint density at radius 3 is 2.17 bits per heavy atom. The minimum atomic E-state index is -1.42. The molecule has 0 fully saturated rings. The normalized spacial score (nSPS) is 12.6. The van der Waals surface area contributed by atoms with E-state index in [0.29, 0.717) is 17.8 Å². The van der Waals surface area contributed by atoms with Crippen molar-refractivity contribution in [3.8, 4) is 11.1 Å². The number of aliphatic hydroxyl groups excluding tert-OH is 1. The highest BCUT2D eigenvalue weighted by molar-refractivity contribution is 5.80. The van der Waals surface area contributed by atoms with Gasteiger partial charge in [0.1, 0.15) is 30.9 Å². The zero-order chi connectivity index (χ0) is 34.1. The molecule has 4 aromatic rings. The Bertz CT molecular complexity index is 1670. The highest BCUT2D eigenvalue weighted by atomic mass is 19.1. The first-order valence-electron chi connectivity index (χ1n) is 15.2. The standard InChI is InChI=1S/C36H39F2N3O6/c1-36(2,3)33(31-18-26(28-19-27(37)14-15-29(28)38)21-40(31)20-24-10-6-4-7-11-24)41(32(43)22-42)17-16-30(34(44)45)39-35(46)47-23-25-12-8-5-9-13-25/h4-15,18-19,21,30,33,42H,16-17,20,22-23H2,1-3H3,(H,39,46)(H,44,45)/t30-,33-/m0/s1. The molecule has 1 heterocycles. The molecular formula is C36H39F2N3O6. The van der Waals surface area contributed by atoms with Gasteiger partial charge in [0.2, 0.25) is 5.91 Å². The molecule has 0 aliphatic heterocycles. The van der Waals surface area contributed by atoms with Crippen molar-refractivity contribution in [3.05, 3.63) is 120 Å². The lowest BCUT2D eigenvalue weighted by Gasteiger charge is -2.41. The number of aliphatic carboxylic acids is 1. The highest BCUT2D eigenvalue weighted by Gasteiger charge is 2.38. The van der Waals surface area contributed by atoms with Gasteiger partial charge in [-0.2, -0.15) is 0 Å². The summed E-state index contributed by atoms with van der Waals surface area (Å²) in [6.07, 6.45) is 0.538. The van der Waals surface area contributed by atoms with Crippen LogP contribution >= 0.6 is 0 Å². The van der Waals surface area contributed by atoms with Gasteiger partial charge < -0.3 is 29.7 Å². The molecule has 0 bridgehead atoms. The number of halogens is 2. The maximum absolute atomic E-state index is 15.0. The Labute approximate surface area is 272 Å². The Balaban J connectivity index is 1.68. The first-order chi connectivity index (χ1) is 22.4. The molecule has 1 aromatic heterocycles. The summed E-state index contributed by atoms with van der Waals surface area (Å²) >= 11 is 0. The zero-order valence-electron chi connectivity index (χ0n) is 26.5. The van der Waals surface area contributed by atoms with E-state index >= 15 is 0 Å². The maximum atomic E-state index is 15.0. The number of nitrogens with zero attached hydrogens (tertiary/aromatic N) is 2. The van der Waals surface area contributed by atoms with E-state index in [9.17, 15) is 33.4 Å². The second-order valence-corrected chi connectivity index (χ2v) is 12.3. The second kappa shape index (κ2) is 15.5. The molecule has 0 saturated carbocycles. The highest BCUT2D eigenvalue weighted by Crippen LogP contribution is 2.41. The van der Waals surface area contributed by atoms with Gasteiger partial charge in [-0.15, -0.1) is 0 Å². The van der Waals surface area contributed by atoms with Gasteiger partial charge in [-0.05, 0) is 47.2 Å². The van der Waals surface area contributed by atoms with Crippen molar-refractivity contribution in [1.29, 1.82) is 0 Å². The molecule has 0 aliphatic rings. The van der Waals surface area contributed by atoms with Gasteiger partial charge in [0.15, 0.2) is 0 Å². The molecule has 0 unspecified atom stereocenters. The predicted octanol–water partition coefficient (Wildman–Crippen LogP) is 6.16. The van der Waals surface area contributed by atoms with E-state index in [1.807, 2.05) is 61.7 Å². The largest absolute Gasteiger partial charge is 0.480 e. The molecule has 11 heteroatoms. The molecule has 47 heavy (non-hydrogen) atoms. The molecule has 4 rings (SSSR count). The van der Waals surface area contributed by atoms with Crippen molar-refractivity contribution >= 4 is 18.0 Å². The predicted molar refractivity (Wildman–Crippen MR) is 172 cm³/mol. The summed E-state index contributed by atoms with van der Waals surface area (Å²) in [6.45, 7) is 4.88. The zero-order valence-corrected chi connectivity index (χ0v) is 26.5. The van der Waals surface area contributed by atoms with Gasteiger partial charge in [-0.1, -0.05) is 81.4 Å². The first kappa shape index (κ1) is 34.8. The molecule has 2 atom stereocenters. The van der Waals surface area contributed by atoms with Gasteiger partial charge in [0.25, 0.3) is 0 Å². The summed E-state index contributed by atoms with van der Waals surface area (Å²) in [4.78, 5) is 39.4. The van der Waals surface area contributed by atoms with Gasteiger partial charge in [-0.3, -0.25) is 4.79 Å². The summed E-state index contributed by atoms with van der Waals surface area (Å²) < 4.78 is 36.2. The summed E-state index contributed by atoms with van der Waals surface area (Å²) in [7, 11) is 0. The van der Waals surface area contributed by atoms with Crippen LogP contribution in [-0.4, -0.2) is 56.8 Å². The number of benzene rings is 3. The van der Waals surface area contributed by atoms with E-state index in [-0.39, 0.29) is 25.1 Å². The minimum absolute atomic E-state index is 0.0370. The van der Waals surface area contributed by atoms with Crippen LogP contribution in [0.5, 0.6) is 0 Å². The number of carbonyl (C=O) groups is 3. The van der Waals surface area contributed by atoms with Crippen LogP contribution in [0.1, 0.15) is 50.1 Å². The van der Waals surface area contributed by atoms with Crippen LogP contribution in [0.2, 0.25) is 0 Å². The molecule has 9 nitrogen and oxygen atoms in total. The molecule has 0 spiro atoms. The Morgan fingerprint density at radius 1 is 0.936 bits per heavy atom. The Morgan fingerprint density at radius 2 is 1.57 bits per heavy atom. The molecule has 0 radical (unpaired) electrons. The topological polar surface area (TPSA) is 121 Å². The van der Waals surface area contributed by atoms with Gasteiger partial charge >= 0.3 is 12.1 Å². The lowest BCUT2D eigenvalue weighted by atomic mass is 9.82. The van der Waals surface area contributed by atoms with Gasteiger partial charge in [-0.25, -0.2) is 18.4 Å². The monoisotopic (exact) mass is 647 g/mol. The average Bonchev–Trinajstić information content (AvgIpc) is 3.44. The minimum Gasteiger partial charge on any atom is -0.480 e. The third-order valence-corrected chi connectivity index (χ3v) is 7.69. The Hall–Kier alpha value is -5.03. The number of carboxylic acids is 1. The number of amides is 2. The van der Waals surface area contributed by atoms with Crippen LogP contribution in [-0.2, 0) is 27.5 Å². The molecule has 248 valence electrons. The number of rotatable bonds is 13. The number of carboxylic acid groups (broad SMARTS) is 1. The number of nitrogens with one attached hydrogen (secondary N) is 1. The van der Waals surface area contributed by atoms with Crippen LogP contribution in [0.4, 0.5) is 13.6 Å². The third kappa shape index (κ3) is 9.26. The number of aliphatic hydroxyl groups is 1. The Kier molecular flexibility index (Phi) is 11.5. The fraction of sp³-hybridized carbons (Fsp3) is 0.306. The van der Waals surface area contributed by atoms with Gasteiger partial charge in [0, 0.05) is 36.1 Å². The number of hydrogen-bond acceptors (Lipinski definition) is 5. The van der Waals surface area contributed by atoms with Crippen LogP contribution in [0.3, 0.4) is 0 Å². The van der Waals surface area contributed by atoms with E-state index < -0.39 is 53.7 Å². The number of ether oxygens (including phenoxy) is 1. The molecule has 3 aromatic carbocycles. The number of aromatic nitrogens is 1. The van der Waals surface area contributed by atoms with E-state index in [2.05, 4.69) is 5.32 Å². The number of hydrogen-bond donors (Lipinski definition) is 3. The van der Waals surface area contributed by atoms with Crippen molar-refractivity contribution in [2.75, 3.05) is 13.2 Å². The third-order valence-electron chi connectivity index (χ3n) is 7.69. The van der Waals surface area contributed by atoms with E-state index in [0.717, 1.165) is 29.3 Å². The van der Waals surface area contributed by atoms with E-state index in [4.69, 9.17) is 4.74 Å². The molecule has 0 saturated heterocycles. The second-order valence-electron chi connectivity index (χ2n) is 12.3. The SMILES string of the molecule is CC(C)(C)[C@H](c1cc(-c2cc(F)ccc2F)cn1Cc1ccccc1)N(CC[C@H](NC(=O)OCc1ccccc1)C(=O)O)C(=O)CO. The van der Waals surface area contributed by atoms with Gasteiger partial charge in [0.05, 0.1) is 6.04 Å². The molecule has 0 aliphatic carbocycles. The van der Waals surface area contributed by atoms with Crippen molar-refractivity contribution < 1.29 is 38.1 Å². The summed E-state index contributed by atoms with van der Waals surface area (Å²) in [5.74, 6) is -3.24. The summed E-state index contributed by atoms with van der Waals surface area (Å²) in [5, 5.41) is 22.3. The molecule has 2 amide bonds. The van der Waals surface area contributed by atoms with Crippen molar-refractivity contribution in [3.63, 3.8) is 0 Å². The van der Waals surface area contributed by atoms with E-state index in [1.165, 1.54) is 4.90 Å². The maximum Gasteiger partial charge on any atom is 0.408 e. The average molecular weight is 648 g/mol. The lowest BCUT2D eigenvalue weighted by Crippen LogP contribution is -2.47. The lowest BCUT2D eigenvalue weighted by molar-refractivity contribution is -0.143. The van der Waals surface area contributed by atoms with Crippen LogP contribution in [0.15, 0.2) is 91.1 Å². The van der Waals surface area contributed by atoms with Crippen molar-refractivity contribution in [2.45, 2.75) is 52.4 Å². The number of carbonyl (C=O) groups excluding carboxylic acids is 2. The number of alkyl carbamates (subject to hydrolysis) is 1. The summed E-state index contributed by atoms with van der Waals surface area (Å²) in [6, 6.07) is 21.0. The fourth-order valence-corrected chi connectivity index (χ4v) is 5.53. The van der Waals surface area contributed by atoms with Crippen molar-refractivity contribution in [2.24, 2.45) is 5.41 Å². The van der Waals surface area contributed by atoms with Crippen LogP contribution in [0.25, 0.3) is 11.1 Å². The quantitative estimate of drug-likeness (QED) is 0.160. The van der Waals surface area contributed by atoms with Crippen LogP contribution < -0.4 is 5.32 Å². The smallest absolute Gasteiger partial charge is 0.408 e. The first-order valence-corrected chi connectivity index (χ1v) is 15.2.